The minimum absolute atomic E-state index is 0.168. The van der Waals surface area contributed by atoms with Crippen LogP contribution in [0.25, 0.3) is 0 Å². The Morgan fingerprint density at radius 2 is 1.76 bits per heavy atom. The molecule has 1 amide bonds. The highest BCUT2D eigenvalue weighted by atomic mass is 16.5. The van der Waals surface area contributed by atoms with Crippen LogP contribution in [0, 0.1) is 11.3 Å². The molecule has 4 heteroatoms. The summed E-state index contributed by atoms with van der Waals surface area (Å²) in [7, 11) is 1.37. The van der Waals surface area contributed by atoms with E-state index in [0.29, 0.717) is 17.9 Å². The number of amides is 1. The minimum Gasteiger partial charge on any atom is -0.469 e. The first-order chi connectivity index (χ1) is 9.78. The molecule has 1 rings (SSSR count). The zero-order chi connectivity index (χ0) is 16.0. The molecule has 0 saturated heterocycles. The van der Waals surface area contributed by atoms with E-state index in [-0.39, 0.29) is 17.9 Å². The number of rotatable bonds is 6. The lowest BCUT2D eigenvalue weighted by molar-refractivity contribution is -0.152. The zero-order valence-corrected chi connectivity index (χ0v) is 13.5. The Labute approximate surface area is 126 Å². The average molecular weight is 291 g/mol. The second-order valence-electron chi connectivity index (χ2n) is 6.23. The van der Waals surface area contributed by atoms with Crippen LogP contribution in [0.3, 0.4) is 0 Å². The van der Waals surface area contributed by atoms with Crippen molar-refractivity contribution in [2.75, 3.05) is 7.11 Å². The number of nitrogens with one attached hydrogen (secondary N) is 1. The molecule has 0 unspecified atom stereocenters. The number of methoxy groups -OCH3 is 1. The van der Waals surface area contributed by atoms with E-state index in [4.69, 9.17) is 4.74 Å². The maximum absolute atomic E-state index is 12.3. The van der Waals surface area contributed by atoms with Crippen LogP contribution in [0.4, 0.5) is 0 Å². The third-order valence-electron chi connectivity index (χ3n) is 3.63. The van der Waals surface area contributed by atoms with Crippen LogP contribution in [0.2, 0.25) is 0 Å². The van der Waals surface area contributed by atoms with Gasteiger partial charge in [-0.1, -0.05) is 32.0 Å². The first-order valence-electron chi connectivity index (χ1n) is 7.23. The van der Waals surface area contributed by atoms with Gasteiger partial charge in [0.25, 0.3) is 5.91 Å². The number of hydrogen-bond acceptors (Lipinski definition) is 3. The second-order valence-corrected chi connectivity index (χ2v) is 6.23. The smallest absolute Gasteiger partial charge is 0.313 e. The number of ether oxygens (including phenoxy) is 1. The number of esters is 1. The van der Waals surface area contributed by atoms with Crippen molar-refractivity contribution in [1.29, 1.82) is 0 Å². The number of hydrogen-bond donors (Lipinski definition) is 1. The topological polar surface area (TPSA) is 55.4 Å². The highest BCUT2D eigenvalue weighted by molar-refractivity contribution is 5.94. The maximum atomic E-state index is 12.3. The Morgan fingerprint density at radius 3 is 2.24 bits per heavy atom. The molecule has 0 spiro atoms. The molecule has 0 aliphatic heterocycles. The van der Waals surface area contributed by atoms with E-state index < -0.39 is 5.41 Å². The van der Waals surface area contributed by atoms with E-state index in [2.05, 4.69) is 19.2 Å². The van der Waals surface area contributed by atoms with Crippen molar-refractivity contribution >= 4 is 11.9 Å². The monoisotopic (exact) mass is 291 g/mol. The normalized spacial score (nSPS) is 12.9. The lowest BCUT2D eigenvalue weighted by Gasteiger charge is -2.33. The molecule has 21 heavy (non-hydrogen) atoms. The van der Waals surface area contributed by atoms with Crippen LogP contribution in [0.1, 0.15) is 44.5 Å². The van der Waals surface area contributed by atoms with Crippen molar-refractivity contribution in [3.63, 3.8) is 0 Å². The molecule has 0 fully saturated rings. The maximum Gasteiger partial charge on any atom is 0.313 e. The molecule has 0 heterocycles. The van der Waals surface area contributed by atoms with E-state index >= 15 is 0 Å². The molecular weight excluding hydrogens is 266 g/mol. The quantitative estimate of drug-likeness (QED) is 0.820. The number of benzene rings is 1. The van der Waals surface area contributed by atoms with E-state index in [1.165, 1.54) is 7.11 Å². The van der Waals surface area contributed by atoms with Crippen molar-refractivity contribution in [2.24, 2.45) is 11.3 Å². The Bertz CT molecular complexity index is 480. The van der Waals surface area contributed by atoms with Crippen LogP contribution in [-0.4, -0.2) is 25.0 Å². The predicted octanol–water partition coefficient (Wildman–Crippen LogP) is 3.03. The van der Waals surface area contributed by atoms with Gasteiger partial charge in [0, 0.05) is 11.6 Å². The standard InChI is InChI=1S/C17H25NO3/c1-12(2)11-14(17(3,4)16(20)21-5)18-15(19)13-9-7-6-8-10-13/h6-10,12,14H,11H2,1-5H3,(H,18,19)/t14-/m1/s1. The Balaban J connectivity index is 2.93. The van der Waals surface area contributed by atoms with Gasteiger partial charge in [-0.05, 0) is 38.3 Å². The fraction of sp³-hybridized carbons (Fsp3) is 0.529. The van der Waals surface area contributed by atoms with Gasteiger partial charge in [-0.3, -0.25) is 9.59 Å². The molecule has 4 nitrogen and oxygen atoms in total. The van der Waals surface area contributed by atoms with Gasteiger partial charge in [-0.15, -0.1) is 0 Å². The fourth-order valence-corrected chi connectivity index (χ4v) is 2.24. The van der Waals surface area contributed by atoms with Gasteiger partial charge in [0.2, 0.25) is 0 Å². The number of carbonyl (C=O) groups excluding carboxylic acids is 2. The Kier molecular flexibility index (Phi) is 5.94. The predicted molar refractivity (Wildman–Crippen MR) is 82.9 cm³/mol. The summed E-state index contributed by atoms with van der Waals surface area (Å²) in [5.41, 5.74) is -0.185. The lowest BCUT2D eigenvalue weighted by Crippen LogP contribution is -2.50. The van der Waals surface area contributed by atoms with Crippen molar-refractivity contribution < 1.29 is 14.3 Å². The summed E-state index contributed by atoms with van der Waals surface area (Å²) in [4.78, 5) is 24.3. The third-order valence-corrected chi connectivity index (χ3v) is 3.63. The zero-order valence-electron chi connectivity index (χ0n) is 13.5. The van der Waals surface area contributed by atoms with Crippen LogP contribution in [0.15, 0.2) is 30.3 Å². The van der Waals surface area contributed by atoms with Crippen LogP contribution >= 0.6 is 0 Å². The molecule has 0 bridgehead atoms. The summed E-state index contributed by atoms with van der Waals surface area (Å²) < 4.78 is 4.87. The van der Waals surface area contributed by atoms with Crippen molar-refractivity contribution in [2.45, 2.75) is 40.2 Å². The summed E-state index contributed by atoms with van der Waals surface area (Å²) in [6, 6.07) is 8.73. The SMILES string of the molecule is COC(=O)C(C)(C)[C@@H](CC(C)C)NC(=O)c1ccccc1. The number of carbonyl (C=O) groups is 2. The van der Waals surface area contributed by atoms with E-state index in [1.807, 2.05) is 18.2 Å². The van der Waals surface area contributed by atoms with Gasteiger partial charge in [0.05, 0.1) is 12.5 Å². The van der Waals surface area contributed by atoms with Gasteiger partial charge in [-0.2, -0.15) is 0 Å². The van der Waals surface area contributed by atoms with E-state index in [9.17, 15) is 9.59 Å². The largest absolute Gasteiger partial charge is 0.469 e. The molecule has 0 radical (unpaired) electrons. The summed E-state index contributed by atoms with van der Waals surface area (Å²) in [5.74, 6) is -0.130. The molecular formula is C17H25NO3. The summed E-state index contributed by atoms with van der Waals surface area (Å²) in [6.45, 7) is 7.73. The minimum atomic E-state index is -0.774. The summed E-state index contributed by atoms with van der Waals surface area (Å²) in [5, 5.41) is 2.98. The highest BCUT2D eigenvalue weighted by Gasteiger charge is 2.39. The van der Waals surface area contributed by atoms with Crippen molar-refractivity contribution in [3.05, 3.63) is 35.9 Å². The molecule has 0 aliphatic carbocycles. The van der Waals surface area contributed by atoms with Gasteiger partial charge in [0.15, 0.2) is 0 Å². The van der Waals surface area contributed by atoms with Gasteiger partial charge in [0.1, 0.15) is 0 Å². The second kappa shape index (κ2) is 7.25. The molecule has 0 aliphatic rings. The molecule has 1 aromatic carbocycles. The third kappa shape index (κ3) is 4.59. The van der Waals surface area contributed by atoms with E-state index in [0.717, 1.165) is 0 Å². The summed E-state index contributed by atoms with van der Waals surface area (Å²) in [6.07, 6.45) is 0.709. The fourth-order valence-electron chi connectivity index (χ4n) is 2.24. The molecule has 1 aromatic rings. The molecule has 0 aromatic heterocycles. The van der Waals surface area contributed by atoms with Crippen LogP contribution < -0.4 is 5.32 Å². The van der Waals surface area contributed by atoms with Gasteiger partial charge in [-0.25, -0.2) is 0 Å². The van der Waals surface area contributed by atoms with Crippen LogP contribution in [-0.2, 0) is 9.53 Å². The average Bonchev–Trinajstić information content (AvgIpc) is 2.45. The first-order valence-corrected chi connectivity index (χ1v) is 7.23. The molecule has 116 valence electrons. The van der Waals surface area contributed by atoms with Gasteiger partial charge < -0.3 is 10.1 Å². The molecule has 0 saturated carbocycles. The lowest BCUT2D eigenvalue weighted by atomic mass is 9.80. The highest BCUT2D eigenvalue weighted by Crippen LogP contribution is 2.27. The first kappa shape index (κ1) is 17.2. The van der Waals surface area contributed by atoms with Crippen molar-refractivity contribution in [1.82, 2.24) is 5.32 Å². The van der Waals surface area contributed by atoms with E-state index in [1.54, 1.807) is 26.0 Å². The molecule has 1 N–H and O–H groups in total. The molecule has 1 atom stereocenters. The Hall–Kier alpha value is -1.84. The Morgan fingerprint density at radius 1 is 1.19 bits per heavy atom. The summed E-state index contributed by atoms with van der Waals surface area (Å²) >= 11 is 0. The van der Waals surface area contributed by atoms with Crippen LogP contribution in [0.5, 0.6) is 0 Å². The van der Waals surface area contributed by atoms with Gasteiger partial charge >= 0.3 is 5.97 Å². The van der Waals surface area contributed by atoms with Crippen molar-refractivity contribution in [3.8, 4) is 0 Å².